The van der Waals surface area contributed by atoms with Gasteiger partial charge in [0.05, 0.1) is 8.07 Å². The van der Waals surface area contributed by atoms with Crippen LogP contribution in [0.5, 0.6) is 0 Å². The van der Waals surface area contributed by atoms with Gasteiger partial charge in [-0.2, -0.15) is 5.10 Å². The van der Waals surface area contributed by atoms with E-state index in [1.165, 1.54) is 6.33 Å². The fourth-order valence-electron chi connectivity index (χ4n) is 0.951. The lowest BCUT2D eigenvalue weighted by Crippen LogP contribution is -2.38. The molecule has 86 valence electrons. The van der Waals surface area contributed by atoms with Crippen molar-refractivity contribution in [1.29, 1.82) is 0 Å². The Balaban J connectivity index is 2.50. The van der Waals surface area contributed by atoms with Gasteiger partial charge in [0.25, 0.3) is 0 Å². The Morgan fingerprint density at radius 1 is 1.53 bits per heavy atom. The Morgan fingerprint density at radius 3 is 2.73 bits per heavy atom. The van der Waals surface area contributed by atoms with E-state index in [0.717, 1.165) is 0 Å². The number of hydrogen-bond donors (Lipinski definition) is 1. The maximum Gasteiger partial charge on any atom is 0.155 e. The van der Waals surface area contributed by atoms with Crippen molar-refractivity contribution in [3.63, 3.8) is 0 Å². The third-order valence-corrected chi connectivity index (χ3v) is 5.11. The van der Waals surface area contributed by atoms with Gasteiger partial charge in [0.2, 0.25) is 0 Å². The number of hydrogen-bond acceptors (Lipinski definition) is 4. The molecule has 0 aliphatic carbocycles. The number of nitrogens with zero attached hydrogens (tertiary/aromatic N) is 3. The van der Waals surface area contributed by atoms with Crippen molar-refractivity contribution < 1.29 is 9.84 Å². The van der Waals surface area contributed by atoms with Crippen molar-refractivity contribution in [1.82, 2.24) is 14.8 Å². The van der Waals surface area contributed by atoms with Gasteiger partial charge in [0.1, 0.15) is 19.7 Å². The molecule has 0 aliphatic rings. The first-order valence-corrected chi connectivity index (χ1v) is 8.62. The highest BCUT2D eigenvalue weighted by Crippen LogP contribution is 2.11. The van der Waals surface area contributed by atoms with Crippen molar-refractivity contribution >= 4 is 8.07 Å². The van der Waals surface area contributed by atoms with E-state index in [-0.39, 0.29) is 12.3 Å². The number of ether oxygens (including phenoxy) is 1. The van der Waals surface area contributed by atoms with E-state index in [1.54, 1.807) is 4.68 Å². The van der Waals surface area contributed by atoms with Crippen LogP contribution in [0.2, 0.25) is 19.6 Å². The molecule has 1 atom stereocenters. The molecule has 0 bridgehead atoms. The third kappa shape index (κ3) is 3.40. The molecule has 5 nitrogen and oxygen atoms in total. The van der Waals surface area contributed by atoms with Crippen LogP contribution in [0.15, 0.2) is 6.33 Å². The average Bonchev–Trinajstić information content (AvgIpc) is 2.59. The fourth-order valence-corrected chi connectivity index (χ4v) is 1.53. The summed E-state index contributed by atoms with van der Waals surface area (Å²) in [5.74, 6) is 0.540. The molecule has 15 heavy (non-hydrogen) atoms. The molecule has 0 spiro atoms. The quantitative estimate of drug-likeness (QED) is 0.766. The van der Waals surface area contributed by atoms with Crippen LogP contribution < -0.4 is 0 Å². The zero-order valence-corrected chi connectivity index (χ0v) is 10.8. The predicted octanol–water partition coefficient (Wildman–Crippen LogP) is 1.01. The van der Waals surface area contributed by atoms with Crippen molar-refractivity contribution in [2.45, 2.75) is 45.6 Å². The molecule has 1 aromatic rings. The van der Waals surface area contributed by atoms with Crippen molar-refractivity contribution in [3.05, 3.63) is 12.2 Å². The lowest BCUT2D eigenvalue weighted by atomic mass is 10.6. The largest absolute Gasteiger partial charge is 0.388 e. The summed E-state index contributed by atoms with van der Waals surface area (Å²) >= 11 is 0. The summed E-state index contributed by atoms with van der Waals surface area (Å²) in [6, 6.07) is 0. The zero-order chi connectivity index (χ0) is 11.5. The van der Waals surface area contributed by atoms with Crippen LogP contribution in [0.3, 0.4) is 0 Å². The smallest absolute Gasteiger partial charge is 0.155 e. The van der Waals surface area contributed by atoms with Gasteiger partial charge in [0, 0.05) is 5.73 Å². The fraction of sp³-hybridized carbons (Fsp3) is 0.778. The molecule has 1 rings (SSSR count). The Bertz CT molecular complexity index is 309. The lowest BCUT2D eigenvalue weighted by Gasteiger charge is -2.25. The van der Waals surface area contributed by atoms with E-state index in [0.29, 0.717) is 12.6 Å². The third-order valence-electron chi connectivity index (χ3n) is 2.50. The summed E-state index contributed by atoms with van der Waals surface area (Å²) < 4.78 is 7.28. The maximum atomic E-state index is 8.96. The van der Waals surface area contributed by atoms with Crippen LogP contribution in [0.25, 0.3) is 0 Å². The van der Waals surface area contributed by atoms with Crippen LogP contribution in [-0.2, 0) is 18.1 Å². The highest BCUT2D eigenvalue weighted by atomic mass is 28.3. The summed E-state index contributed by atoms with van der Waals surface area (Å²) in [4.78, 5) is 3.91. The molecular formula is C9H19N3O2Si. The van der Waals surface area contributed by atoms with Crippen LogP contribution in [0.4, 0.5) is 0 Å². The normalized spacial score (nSPS) is 14.2. The second-order valence-electron chi connectivity index (χ2n) is 4.64. The Labute approximate surface area is 91.1 Å². The Kier molecular flexibility index (Phi) is 4.01. The molecule has 0 saturated heterocycles. The predicted molar refractivity (Wildman–Crippen MR) is 59.8 cm³/mol. The summed E-state index contributed by atoms with van der Waals surface area (Å²) in [5, 5.41) is 12.9. The lowest BCUT2D eigenvalue weighted by molar-refractivity contribution is 0.0443. The first-order chi connectivity index (χ1) is 6.95. The first kappa shape index (κ1) is 12.3. The summed E-state index contributed by atoms with van der Waals surface area (Å²) in [7, 11) is -1.27. The van der Waals surface area contributed by atoms with Gasteiger partial charge >= 0.3 is 0 Å². The Morgan fingerprint density at radius 2 is 2.20 bits per heavy atom. The minimum Gasteiger partial charge on any atom is -0.388 e. The van der Waals surface area contributed by atoms with E-state index in [9.17, 15) is 0 Å². The maximum absolute atomic E-state index is 8.96. The molecule has 1 unspecified atom stereocenters. The number of aliphatic hydroxyl groups excluding tert-OH is 1. The highest BCUT2D eigenvalue weighted by molar-refractivity contribution is 6.77. The van der Waals surface area contributed by atoms with Crippen LogP contribution in [0, 0.1) is 0 Å². The van der Waals surface area contributed by atoms with Gasteiger partial charge in [-0.05, 0) is 6.92 Å². The highest BCUT2D eigenvalue weighted by Gasteiger charge is 2.23. The van der Waals surface area contributed by atoms with Gasteiger partial charge in [-0.3, -0.25) is 0 Å². The van der Waals surface area contributed by atoms with E-state index < -0.39 is 8.07 Å². The van der Waals surface area contributed by atoms with E-state index >= 15 is 0 Å². The van der Waals surface area contributed by atoms with Gasteiger partial charge in [-0.1, -0.05) is 19.6 Å². The van der Waals surface area contributed by atoms with Gasteiger partial charge < -0.3 is 9.84 Å². The molecule has 1 N–H and O–H groups in total. The Hall–Kier alpha value is -0.723. The monoisotopic (exact) mass is 229 g/mol. The van der Waals surface area contributed by atoms with Gasteiger partial charge in [-0.25, -0.2) is 9.67 Å². The first-order valence-electron chi connectivity index (χ1n) is 5.04. The number of aromatic nitrogens is 3. The zero-order valence-electron chi connectivity index (χ0n) is 9.77. The number of aliphatic hydroxyl groups is 1. The standard InChI is InChI=1S/C9H19N3O2Si/c1-8(15(2,3)4)14-7-12-9(5-13)10-6-11-12/h6,8,13H,5,7H2,1-4H3. The molecule has 0 fully saturated rings. The van der Waals surface area contributed by atoms with Crippen LogP contribution >= 0.6 is 0 Å². The topological polar surface area (TPSA) is 60.2 Å². The summed E-state index contributed by atoms with van der Waals surface area (Å²) in [6.45, 7) is 9.11. The SMILES string of the molecule is CC(OCn1ncnc1CO)[Si](C)(C)C. The van der Waals surface area contributed by atoms with Gasteiger partial charge in [0.15, 0.2) is 5.82 Å². The molecule has 1 heterocycles. The molecule has 0 radical (unpaired) electrons. The molecule has 6 heteroatoms. The molecule has 0 amide bonds. The van der Waals surface area contributed by atoms with E-state index in [1.807, 2.05) is 0 Å². The van der Waals surface area contributed by atoms with Crippen LogP contribution in [0.1, 0.15) is 12.7 Å². The average molecular weight is 229 g/mol. The second kappa shape index (κ2) is 4.87. The molecule has 0 aliphatic heterocycles. The van der Waals surface area contributed by atoms with E-state index in [4.69, 9.17) is 9.84 Å². The second-order valence-corrected chi connectivity index (χ2v) is 10.2. The van der Waals surface area contributed by atoms with Crippen molar-refractivity contribution in [2.75, 3.05) is 0 Å². The molecular weight excluding hydrogens is 210 g/mol. The number of rotatable bonds is 5. The van der Waals surface area contributed by atoms with Crippen molar-refractivity contribution in [3.8, 4) is 0 Å². The molecule has 0 saturated carbocycles. The minimum atomic E-state index is -1.27. The minimum absolute atomic E-state index is 0.106. The van der Waals surface area contributed by atoms with Crippen LogP contribution in [-0.4, -0.2) is 33.7 Å². The summed E-state index contributed by atoms with van der Waals surface area (Å²) in [5.41, 5.74) is 0.258. The van der Waals surface area contributed by atoms with E-state index in [2.05, 4.69) is 36.6 Å². The van der Waals surface area contributed by atoms with Gasteiger partial charge in [-0.15, -0.1) is 0 Å². The van der Waals surface area contributed by atoms with Crippen molar-refractivity contribution in [2.24, 2.45) is 0 Å². The molecule has 1 aromatic heterocycles. The summed E-state index contributed by atoms with van der Waals surface area (Å²) in [6.07, 6.45) is 1.42. The molecule has 0 aromatic carbocycles.